The maximum atomic E-state index is 11.9. The van der Waals surface area contributed by atoms with Crippen LogP contribution in [-0.4, -0.2) is 90.7 Å². The van der Waals surface area contributed by atoms with Gasteiger partial charge in [-0.3, -0.25) is 9.36 Å². The van der Waals surface area contributed by atoms with Crippen LogP contribution in [0.1, 0.15) is 71.6 Å². The first-order valence-corrected chi connectivity index (χ1v) is 14.1. The van der Waals surface area contributed by atoms with Crippen LogP contribution >= 0.6 is 7.82 Å². The molecule has 2 N–H and O–H groups in total. The molecular formula is C24H51NO10P-. The predicted octanol–water partition coefficient (Wildman–Crippen LogP) is 2.83. The van der Waals surface area contributed by atoms with Crippen molar-refractivity contribution in [3.05, 3.63) is 0 Å². The minimum absolute atomic E-state index is 0. The Balaban J connectivity index is 0. The Morgan fingerprint density at radius 3 is 2.17 bits per heavy atom. The molecule has 2 atom stereocenters. The van der Waals surface area contributed by atoms with Gasteiger partial charge >= 0.3 is 0 Å². The van der Waals surface area contributed by atoms with Crippen molar-refractivity contribution in [1.29, 1.82) is 0 Å². The Morgan fingerprint density at radius 1 is 0.861 bits per heavy atom. The largest absolute Gasteiger partial charge is 0.756 e. The summed E-state index contributed by atoms with van der Waals surface area (Å²) in [4.78, 5) is 22.9. The fourth-order valence-corrected chi connectivity index (χ4v) is 3.46. The standard InChI is InChI=1S/C23H48NO10P.CH4/c1-29-18-19-32-21-22(33-16-11-14-25)20-31-15-9-5-3-7-12-23(26)24-13-8-4-6-10-17-34-35(27,28)30-2;/h22,25H,3-21H2,1-2H3,(H,24,26)(H,27,28);1H4/p-1. The average molecular weight is 545 g/mol. The molecule has 0 fully saturated rings. The molecule has 36 heavy (non-hydrogen) atoms. The lowest BCUT2D eigenvalue weighted by molar-refractivity contribution is -0.223. The third-order valence-corrected chi connectivity index (χ3v) is 5.95. The van der Waals surface area contributed by atoms with E-state index in [0.29, 0.717) is 65.4 Å². The zero-order chi connectivity index (χ0) is 26.0. The van der Waals surface area contributed by atoms with Crippen molar-refractivity contribution in [2.24, 2.45) is 0 Å². The van der Waals surface area contributed by atoms with Crippen LogP contribution in [0.5, 0.6) is 0 Å². The molecule has 0 aliphatic heterocycles. The molecule has 218 valence electrons. The molecular weight excluding hydrogens is 493 g/mol. The van der Waals surface area contributed by atoms with E-state index >= 15 is 0 Å². The third kappa shape index (κ3) is 26.4. The van der Waals surface area contributed by atoms with E-state index in [-0.39, 0.29) is 32.7 Å². The molecule has 0 aliphatic rings. The first-order valence-electron chi connectivity index (χ1n) is 12.6. The number of hydrogen-bond donors (Lipinski definition) is 2. The number of amides is 1. The summed E-state index contributed by atoms with van der Waals surface area (Å²) in [6, 6.07) is 0. The molecule has 1 amide bonds. The molecule has 2 unspecified atom stereocenters. The molecule has 0 saturated heterocycles. The van der Waals surface area contributed by atoms with Crippen molar-refractivity contribution in [1.82, 2.24) is 5.32 Å². The summed E-state index contributed by atoms with van der Waals surface area (Å²) in [7, 11) is -1.42. The van der Waals surface area contributed by atoms with Gasteiger partial charge in [0.05, 0.1) is 33.0 Å². The molecule has 0 aromatic carbocycles. The lowest BCUT2D eigenvalue weighted by Crippen LogP contribution is -2.27. The number of aliphatic hydroxyl groups is 1. The Morgan fingerprint density at radius 2 is 1.50 bits per heavy atom. The number of carbonyl (C=O) groups excluding carboxylic acids is 1. The van der Waals surface area contributed by atoms with Gasteiger partial charge in [-0.25, -0.2) is 0 Å². The van der Waals surface area contributed by atoms with Crippen LogP contribution in [0.3, 0.4) is 0 Å². The number of methoxy groups -OCH3 is 1. The van der Waals surface area contributed by atoms with Crippen LogP contribution in [0.15, 0.2) is 0 Å². The van der Waals surface area contributed by atoms with Gasteiger partial charge in [0.1, 0.15) is 6.10 Å². The van der Waals surface area contributed by atoms with Gasteiger partial charge in [-0.1, -0.05) is 33.1 Å². The van der Waals surface area contributed by atoms with Crippen LogP contribution in [0, 0.1) is 0 Å². The summed E-state index contributed by atoms with van der Waals surface area (Å²) in [5.74, 6) is 0.0633. The maximum absolute atomic E-state index is 11.9. The van der Waals surface area contributed by atoms with E-state index in [1.165, 1.54) is 0 Å². The second-order valence-corrected chi connectivity index (χ2v) is 9.62. The van der Waals surface area contributed by atoms with Gasteiger partial charge < -0.3 is 43.3 Å². The molecule has 0 radical (unpaired) electrons. The Labute approximate surface area is 218 Å². The summed E-state index contributed by atoms with van der Waals surface area (Å²) in [6.45, 7) is 3.85. The topological polar surface area (TPSA) is 145 Å². The number of aliphatic hydroxyl groups excluding tert-OH is 1. The van der Waals surface area contributed by atoms with E-state index in [1.807, 2.05) is 0 Å². The molecule has 0 heterocycles. The molecule has 0 spiro atoms. The van der Waals surface area contributed by atoms with E-state index in [4.69, 9.17) is 24.1 Å². The molecule has 0 aromatic rings. The van der Waals surface area contributed by atoms with E-state index in [2.05, 4.69) is 14.4 Å². The smallest absolute Gasteiger partial charge is 0.267 e. The molecule has 11 nitrogen and oxygen atoms in total. The lowest BCUT2D eigenvalue weighted by atomic mass is 10.1. The van der Waals surface area contributed by atoms with Crippen LogP contribution in [0.25, 0.3) is 0 Å². The number of carbonyl (C=O) groups is 1. The van der Waals surface area contributed by atoms with Crippen molar-refractivity contribution in [3.8, 4) is 0 Å². The number of phosphoric ester groups is 1. The predicted molar refractivity (Wildman–Crippen MR) is 137 cm³/mol. The highest BCUT2D eigenvalue weighted by Gasteiger charge is 2.10. The summed E-state index contributed by atoms with van der Waals surface area (Å²) >= 11 is 0. The van der Waals surface area contributed by atoms with Gasteiger partial charge in [0.2, 0.25) is 5.91 Å². The molecule has 0 aliphatic carbocycles. The van der Waals surface area contributed by atoms with Crippen molar-refractivity contribution in [3.63, 3.8) is 0 Å². The summed E-state index contributed by atoms with van der Waals surface area (Å²) < 4.78 is 41.7. The average Bonchev–Trinajstić information content (AvgIpc) is 2.84. The van der Waals surface area contributed by atoms with E-state index in [0.717, 1.165) is 52.1 Å². The quantitative estimate of drug-likeness (QED) is 0.117. The van der Waals surface area contributed by atoms with Gasteiger partial charge in [0.15, 0.2) is 0 Å². The second-order valence-electron chi connectivity index (χ2n) is 8.10. The molecule has 0 saturated carbocycles. The van der Waals surface area contributed by atoms with E-state index < -0.39 is 7.82 Å². The molecule has 0 rings (SSSR count). The van der Waals surface area contributed by atoms with Gasteiger partial charge in [-0.2, -0.15) is 0 Å². The van der Waals surface area contributed by atoms with Crippen LogP contribution in [-0.2, 0) is 37.4 Å². The van der Waals surface area contributed by atoms with Crippen molar-refractivity contribution in [2.75, 3.05) is 73.6 Å². The van der Waals surface area contributed by atoms with Crippen molar-refractivity contribution >= 4 is 13.7 Å². The van der Waals surface area contributed by atoms with E-state index in [9.17, 15) is 14.3 Å². The lowest BCUT2D eigenvalue weighted by Gasteiger charge is -2.19. The first kappa shape index (κ1) is 37.5. The van der Waals surface area contributed by atoms with Gasteiger partial charge in [-0.05, 0) is 32.1 Å². The summed E-state index contributed by atoms with van der Waals surface area (Å²) in [5.41, 5.74) is 0. The first-order chi connectivity index (χ1) is 16.9. The fourth-order valence-electron chi connectivity index (χ4n) is 3.00. The third-order valence-electron chi connectivity index (χ3n) is 5.00. The Hall–Kier alpha value is -0.620. The number of nitrogens with one attached hydrogen (secondary N) is 1. The molecule has 0 aromatic heterocycles. The van der Waals surface area contributed by atoms with Gasteiger partial charge in [0.25, 0.3) is 7.82 Å². The van der Waals surface area contributed by atoms with Crippen LogP contribution in [0.2, 0.25) is 0 Å². The summed E-state index contributed by atoms with van der Waals surface area (Å²) in [5, 5.41) is 11.8. The minimum atomic E-state index is -4.12. The maximum Gasteiger partial charge on any atom is 0.267 e. The Bertz CT molecular complexity index is 527. The normalized spacial score (nSPS) is 13.7. The Kier molecular flexibility index (Phi) is 28.6. The van der Waals surface area contributed by atoms with Crippen molar-refractivity contribution in [2.45, 2.75) is 77.7 Å². The van der Waals surface area contributed by atoms with Gasteiger partial charge in [-0.15, -0.1) is 0 Å². The highest BCUT2D eigenvalue weighted by molar-refractivity contribution is 7.45. The summed E-state index contributed by atoms with van der Waals surface area (Å²) in [6.07, 6.45) is 7.88. The number of rotatable bonds is 27. The van der Waals surface area contributed by atoms with Crippen molar-refractivity contribution < 1.29 is 47.4 Å². The number of hydrogen-bond acceptors (Lipinski definition) is 10. The number of unbranched alkanes of at least 4 members (excludes halogenated alkanes) is 6. The van der Waals surface area contributed by atoms with Crippen LogP contribution in [0.4, 0.5) is 0 Å². The van der Waals surface area contributed by atoms with Crippen LogP contribution < -0.4 is 10.2 Å². The number of phosphoric acid groups is 1. The zero-order valence-electron chi connectivity index (χ0n) is 21.6. The monoisotopic (exact) mass is 544 g/mol. The molecule has 0 bridgehead atoms. The number of ether oxygens (including phenoxy) is 4. The highest BCUT2D eigenvalue weighted by Crippen LogP contribution is 2.36. The molecule has 12 heteroatoms. The van der Waals surface area contributed by atoms with E-state index in [1.54, 1.807) is 7.11 Å². The second kappa shape index (κ2) is 27.4. The highest BCUT2D eigenvalue weighted by atomic mass is 31.2. The fraction of sp³-hybridized carbons (Fsp3) is 0.958. The zero-order valence-corrected chi connectivity index (χ0v) is 22.5. The van der Waals surface area contributed by atoms with Gasteiger partial charge in [0, 0.05) is 47.0 Å². The SMILES string of the molecule is C.COCCOCC(COCCCCCCC(=O)NCCCCCCOP(=O)([O-])OC)OCCCO. The minimum Gasteiger partial charge on any atom is -0.756 e.